The molecule has 1 N–H and O–H groups in total. The molecule has 0 saturated carbocycles. The fraction of sp³-hybridized carbons (Fsp3) is 0.263. The van der Waals surface area contributed by atoms with Gasteiger partial charge in [-0.1, -0.05) is 28.9 Å². The number of carbonyl (C=O) groups excluding carboxylic acids is 1. The monoisotopic (exact) mass is 464 g/mol. The average Bonchev–Trinajstić information content (AvgIpc) is 3.16. The summed E-state index contributed by atoms with van der Waals surface area (Å²) < 4.78 is 32.8. The lowest BCUT2D eigenvalue weighted by molar-refractivity contribution is -0.152. The van der Waals surface area contributed by atoms with Gasteiger partial charge in [0.05, 0.1) is 16.4 Å². The number of ether oxygens (including phenoxy) is 1. The molecule has 1 aliphatic rings. The summed E-state index contributed by atoms with van der Waals surface area (Å²) >= 11 is 5.81. The number of β-amino-alcohol motifs (C(OH)–C–C–N with tert-alkyl or cyclic N) is 1. The van der Waals surface area contributed by atoms with Crippen LogP contribution in [-0.2, 0) is 26.3 Å². The Kier molecular flexibility index (Phi) is 5.75. The highest BCUT2D eigenvalue weighted by Gasteiger charge is 2.44. The molecule has 0 radical (unpaired) electrons. The van der Waals surface area contributed by atoms with Crippen LogP contribution in [0.2, 0.25) is 5.02 Å². The average molecular weight is 465 g/mol. The highest BCUT2D eigenvalue weighted by Crippen LogP contribution is 2.28. The standard InChI is InChI=1S/C19H17ClN4O6S/c20-12-5-7-14(8-6-12)31(28,29)24-10-13(25)9-17(24)19(27)30-11-23-18(26)15-3-1-2-4-16(15)21-22-23/h1-8,13,17,25H,9-11H2/t13-,17-/m0/s1. The van der Waals surface area contributed by atoms with E-state index in [9.17, 15) is 23.1 Å². The maximum absolute atomic E-state index is 13.0. The molecule has 1 aliphatic heterocycles. The van der Waals surface area contributed by atoms with Crippen LogP contribution in [0.4, 0.5) is 0 Å². The summed E-state index contributed by atoms with van der Waals surface area (Å²) in [6, 6.07) is 10.8. The van der Waals surface area contributed by atoms with Gasteiger partial charge in [-0.05, 0) is 36.4 Å². The van der Waals surface area contributed by atoms with Gasteiger partial charge in [0.25, 0.3) is 5.56 Å². The third-order valence-electron chi connectivity index (χ3n) is 4.88. The van der Waals surface area contributed by atoms with Crippen molar-refractivity contribution in [2.45, 2.75) is 30.2 Å². The van der Waals surface area contributed by atoms with Gasteiger partial charge in [-0.3, -0.25) is 9.59 Å². The maximum atomic E-state index is 13.0. The smallest absolute Gasteiger partial charge is 0.326 e. The van der Waals surface area contributed by atoms with E-state index < -0.39 is 40.4 Å². The van der Waals surface area contributed by atoms with E-state index in [4.69, 9.17) is 16.3 Å². The Morgan fingerprint density at radius 2 is 1.90 bits per heavy atom. The van der Waals surface area contributed by atoms with E-state index in [1.54, 1.807) is 24.3 Å². The largest absolute Gasteiger partial charge is 0.441 e. The zero-order chi connectivity index (χ0) is 22.2. The van der Waals surface area contributed by atoms with E-state index in [0.29, 0.717) is 15.9 Å². The summed E-state index contributed by atoms with van der Waals surface area (Å²) in [4.78, 5) is 25.1. The normalized spacial score (nSPS) is 19.5. The van der Waals surface area contributed by atoms with Gasteiger partial charge in [0.2, 0.25) is 10.0 Å². The Balaban J connectivity index is 1.54. The Labute approximate surface area is 181 Å². The quantitative estimate of drug-likeness (QED) is 0.547. The number of aliphatic hydroxyl groups excluding tert-OH is 1. The highest BCUT2D eigenvalue weighted by atomic mass is 35.5. The van der Waals surface area contributed by atoms with Crippen molar-refractivity contribution in [3.63, 3.8) is 0 Å². The first kappa shape index (κ1) is 21.4. The number of aliphatic hydroxyl groups is 1. The maximum Gasteiger partial charge on any atom is 0.326 e. The second kappa shape index (κ2) is 8.35. The molecule has 10 nitrogen and oxygen atoms in total. The van der Waals surface area contributed by atoms with Gasteiger partial charge in [-0.15, -0.1) is 5.10 Å². The number of sulfonamides is 1. The lowest BCUT2D eigenvalue weighted by atomic mass is 10.2. The number of esters is 1. The molecule has 3 aromatic rings. The minimum Gasteiger partial charge on any atom is -0.441 e. The number of hydrogen-bond acceptors (Lipinski definition) is 8. The lowest BCUT2D eigenvalue weighted by Gasteiger charge is -2.22. The van der Waals surface area contributed by atoms with E-state index >= 15 is 0 Å². The minimum atomic E-state index is -4.09. The van der Waals surface area contributed by atoms with Crippen LogP contribution >= 0.6 is 11.6 Å². The SMILES string of the molecule is O=C(OCn1nnc2ccccc2c1=O)[C@@H]1C[C@H](O)CN1S(=O)(=O)c1ccc(Cl)cc1. The molecule has 1 saturated heterocycles. The molecule has 2 aromatic carbocycles. The van der Waals surface area contributed by atoms with Crippen LogP contribution in [0.5, 0.6) is 0 Å². The molecule has 0 spiro atoms. The third kappa shape index (κ3) is 4.17. The van der Waals surface area contributed by atoms with E-state index in [0.717, 1.165) is 8.99 Å². The van der Waals surface area contributed by atoms with Crippen molar-refractivity contribution >= 4 is 38.5 Å². The fourth-order valence-corrected chi connectivity index (χ4v) is 5.09. The molecule has 0 aliphatic carbocycles. The molecule has 4 rings (SSSR count). The number of aromatic nitrogens is 3. The van der Waals surface area contributed by atoms with E-state index in [1.165, 1.54) is 24.3 Å². The summed E-state index contributed by atoms with van der Waals surface area (Å²) in [5.74, 6) is -0.907. The third-order valence-corrected chi connectivity index (χ3v) is 7.03. The Hall–Kier alpha value is -2.86. The molecular formula is C19H17ClN4O6S. The molecule has 2 atom stereocenters. The Morgan fingerprint density at radius 1 is 1.19 bits per heavy atom. The van der Waals surface area contributed by atoms with Gasteiger partial charge >= 0.3 is 5.97 Å². The molecule has 1 fully saturated rings. The van der Waals surface area contributed by atoms with Crippen LogP contribution in [0.3, 0.4) is 0 Å². The van der Waals surface area contributed by atoms with Crippen molar-refractivity contribution in [2.75, 3.05) is 6.54 Å². The molecule has 31 heavy (non-hydrogen) atoms. The topological polar surface area (TPSA) is 132 Å². The molecular weight excluding hydrogens is 448 g/mol. The second-order valence-corrected chi connectivity index (χ2v) is 9.26. The predicted octanol–water partition coefficient (Wildman–Crippen LogP) is 0.770. The van der Waals surface area contributed by atoms with Crippen LogP contribution in [0.1, 0.15) is 6.42 Å². The fourth-order valence-electron chi connectivity index (χ4n) is 3.34. The van der Waals surface area contributed by atoms with Crippen molar-refractivity contribution in [1.29, 1.82) is 0 Å². The van der Waals surface area contributed by atoms with Gasteiger partial charge < -0.3 is 9.84 Å². The minimum absolute atomic E-state index is 0.0691. The number of hydrogen-bond donors (Lipinski definition) is 1. The second-order valence-electron chi connectivity index (χ2n) is 6.94. The molecule has 0 bridgehead atoms. The van der Waals surface area contributed by atoms with Crippen LogP contribution in [0, 0.1) is 0 Å². The highest BCUT2D eigenvalue weighted by molar-refractivity contribution is 7.89. The van der Waals surface area contributed by atoms with E-state index in [2.05, 4.69) is 10.3 Å². The van der Waals surface area contributed by atoms with Crippen LogP contribution in [-0.4, -0.2) is 57.5 Å². The summed E-state index contributed by atoms with van der Waals surface area (Å²) in [6.07, 6.45) is -1.17. The van der Waals surface area contributed by atoms with Gasteiger partial charge in [0.15, 0.2) is 6.73 Å². The van der Waals surface area contributed by atoms with Crippen molar-refractivity contribution in [2.24, 2.45) is 0 Å². The summed E-state index contributed by atoms with van der Waals surface area (Å²) in [6.45, 7) is -0.808. The first-order valence-electron chi connectivity index (χ1n) is 9.22. The van der Waals surface area contributed by atoms with Crippen LogP contribution in [0.15, 0.2) is 58.2 Å². The Morgan fingerprint density at radius 3 is 2.65 bits per heavy atom. The molecule has 12 heteroatoms. The first-order valence-corrected chi connectivity index (χ1v) is 11.0. The first-order chi connectivity index (χ1) is 14.8. The van der Waals surface area contributed by atoms with Gasteiger partial charge in [-0.2, -0.15) is 8.99 Å². The van der Waals surface area contributed by atoms with Crippen molar-refractivity contribution in [3.05, 3.63) is 63.9 Å². The number of benzene rings is 2. The van der Waals surface area contributed by atoms with E-state index in [-0.39, 0.29) is 17.9 Å². The van der Waals surface area contributed by atoms with Gasteiger partial charge in [0, 0.05) is 18.0 Å². The zero-order valence-electron chi connectivity index (χ0n) is 16.0. The van der Waals surface area contributed by atoms with Gasteiger partial charge in [0.1, 0.15) is 11.6 Å². The number of rotatable bonds is 5. The predicted molar refractivity (Wildman–Crippen MR) is 110 cm³/mol. The molecule has 1 aromatic heterocycles. The molecule has 162 valence electrons. The number of nitrogens with zero attached hydrogens (tertiary/aromatic N) is 4. The molecule has 0 unspecified atom stereocenters. The van der Waals surface area contributed by atoms with Crippen LogP contribution in [0.25, 0.3) is 10.9 Å². The van der Waals surface area contributed by atoms with Crippen molar-refractivity contribution in [1.82, 2.24) is 19.3 Å². The van der Waals surface area contributed by atoms with Crippen molar-refractivity contribution < 1.29 is 23.1 Å². The molecule has 2 heterocycles. The number of halogens is 1. The van der Waals surface area contributed by atoms with Gasteiger partial charge in [-0.25, -0.2) is 8.42 Å². The van der Waals surface area contributed by atoms with E-state index in [1.807, 2.05) is 0 Å². The molecule has 0 amide bonds. The van der Waals surface area contributed by atoms with Crippen LogP contribution < -0.4 is 5.56 Å². The number of fused-ring (bicyclic) bond motifs is 1. The Bertz CT molecular complexity index is 1290. The zero-order valence-corrected chi connectivity index (χ0v) is 17.5. The summed E-state index contributed by atoms with van der Waals surface area (Å²) in [5, 5.41) is 18.3. The van der Waals surface area contributed by atoms with Crippen molar-refractivity contribution in [3.8, 4) is 0 Å². The number of carbonyl (C=O) groups is 1. The lowest BCUT2D eigenvalue weighted by Crippen LogP contribution is -2.42. The summed E-state index contributed by atoms with van der Waals surface area (Å²) in [5.41, 5.74) is -0.107. The summed E-state index contributed by atoms with van der Waals surface area (Å²) in [7, 11) is -4.09.